The average Bonchev–Trinajstić information content (AvgIpc) is 3.10. The van der Waals surface area contributed by atoms with Gasteiger partial charge in [-0.1, -0.05) is 24.3 Å². The van der Waals surface area contributed by atoms with Gasteiger partial charge in [-0.25, -0.2) is 8.96 Å². The molecule has 6 nitrogen and oxygen atoms in total. The van der Waals surface area contributed by atoms with Gasteiger partial charge in [-0.2, -0.15) is 12.7 Å². The Kier molecular flexibility index (Phi) is 5.22. The SMILES string of the molecule is CN(C)S(=O)(=O)n1cnc(CSc2ccccc2-c2cccnc2)c1. The van der Waals surface area contributed by atoms with Gasteiger partial charge in [-0.3, -0.25) is 4.98 Å². The Balaban J connectivity index is 1.79. The van der Waals surface area contributed by atoms with E-state index in [2.05, 4.69) is 16.0 Å². The lowest BCUT2D eigenvalue weighted by molar-refractivity contribution is 0.510. The third-order valence-electron chi connectivity index (χ3n) is 3.58. The smallest absolute Gasteiger partial charge is 0.264 e. The van der Waals surface area contributed by atoms with Gasteiger partial charge in [-0.05, 0) is 17.7 Å². The van der Waals surface area contributed by atoms with Gasteiger partial charge in [0.2, 0.25) is 0 Å². The molecule has 0 spiro atoms. The minimum atomic E-state index is -3.52. The molecular weight excluding hydrogens is 356 g/mol. The Morgan fingerprint density at radius 1 is 1.16 bits per heavy atom. The second-order valence-electron chi connectivity index (χ2n) is 5.51. The van der Waals surface area contributed by atoms with Crippen molar-refractivity contribution in [3.05, 3.63) is 67.0 Å². The van der Waals surface area contributed by atoms with Gasteiger partial charge in [0, 0.05) is 48.9 Å². The van der Waals surface area contributed by atoms with E-state index in [0.717, 1.165) is 24.3 Å². The molecule has 0 atom stereocenters. The Hall–Kier alpha value is -2.16. The predicted molar refractivity (Wildman–Crippen MR) is 99.5 cm³/mol. The van der Waals surface area contributed by atoms with Crippen LogP contribution in [0.5, 0.6) is 0 Å². The zero-order valence-corrected chi connectivity index (χ0v) is 15.5. The molecule has 0 N–H and O–H groups in total. The third-order valence-corrected chi connectivity index (χ3v) is 6.34. The van der Waals surface area contributed by atoms with E-state index >= 15 is 0 Å². The molecular formula is C17H18N4O2S2. The lowest BCUT2D eigenvalue weighted by atomic mass is 10.1. The van der Waals surface area contributed by atoms with Crippen LogP contribution in [0.2, 0.25) is 0 Å². The van der Waals surface area contributed by atoms with Crippen molar-refractivity contribution in [3.63, 3.8) is 0 Å². The minimum absolute atomic E-state index is 0.577. The number of pyridine rings is 1. The largest absolute Gasteiger partial charge is 0.308 e. The molecule has 0 unspecified atom stereocenters. The van der Waals surface area contributed by atoms with Crippen molar-refractivity contribution >= 4 is 22.0 Å². The first-order valence-corrected chi connectivity index (χ1v) is 9.95. The predicted octanol–water partition coefficient (Wildman–Crippen LogP) is 2.89. The average molecular weight is 374 g/mol. The molecule has 0 saturated heterocycles. The molecule has 0 aliphatic heterocycles. The normalized spacial score (nSPS) is 11.8. The van der Waals surface area contributed by atoms with Crippen molar-refractivity contribution in [2.75, 3.05) is 14.1 Å². The van der Waals surface area contributed by atoms with Crippen molar-refractivity contribution < 1.29 is 8.42 Å². The molecule has 0 amide bonds. The summed E-state index contributed by atoms with van der Waals surface area (Å²) in [6.07, 6.45) is 6.46. The zero-order valence-electron chi connectivity index (χ0n) is 13.9. The van der Waals surface area contributed by atoms with Gasteiger partial charge in [0.15, 0.2) is 0 Å². The minimum Gasteiger partial charge on any atom is -0.264 e. The van der Waals surface area contributed by atoms with E-state index in [-0.39, 0.29) is 0 Å². The van der Waals surface area contributed by atoms with Crippen LogP contribution < -0.4 is 0 Å². The van der Waals surface area contributed by atoms with Crippen molar-refractivity contribution in [1.82, 2.24) is 18.2 Å². The first-order chi connectivity index (χ1) is 12.0. The summed E-state index contributed by atoms with van der Waals surface area (Å²) in [5.41, 5.74) is 2.85. The van der Waals surface area contributed by atoms with Crippen LogP contribution in [0.4, 0.5) is 0 Å². The molecule has 130 valence electrons. The van der Waals surface area contributed by atoms with Crippen LogP contribution in [0.25, 0.3) is 11.1 Å². The molecule has 0 fully saturated rings. The van der Waals surface area contributed by atoms with Crippen LogP contribution in [-0.4, -0.2) is 40.8 Å². The zero-order chi connectivity index (χ0) is 17.9. The fraction of sp³-hybridized carbons (Fsp3) is 0.176. The van der Waals surface area contributed by atoms with E-state index in [1.165, 1.54) is 20.4 Å². The molecule has 25 heavy (non-hydrogen) atoms. The number of hydrogen-bond donors (Lipinski definition) is 0. The molecule has 3 aromatic rings. The van der Waals surface area contributed by atoms with Gasteiger partial charge in [0.25, 0.3) is 0 Å². The molecule has 0 bridgehead atoms. The van der Waals surface area contributed by atoms with Gasteiger partial charge in [0.05, 0.1) is 5.69 Å². The van der Waals surface area contributed by atoms with Crippen LogP contribution in [0.1, 0.15) is 5.69 Å². The number of benzene rings is 1. The lowest BCUT2D eigenvalue weighted by Crippen LogP contribution is -2.27. The quantitative estimate of drug-likeness (QED) is 0.621. The van der Waals surface area contributed by atoms with E-state index in [1.807, 2.05) is 36.5 Å². The summed E-state index contributed by atoms with van der Waals surface area (Å²) in [7, 11) is -0.532. The van der Waals surface area contributed by atoms with Crippen LogP contribution in [0, 0.1) is 0 Å². The second kappa shape index (κ2) is 7.38. The molecule has 2 aromatic heterocycles. The van der Waals surface area contributed by atoms with Gasteiger partial charge < -0.3 is 0 Å². The maximum absolute atomic E-state index is 12.1. The van der Waals surface area contributed by atoms with E-state index in [1.54, 1.807) is 24.2 Å². The van der Waals surface area contributed by atoms with Crippen LogP contribution >= 0.6 is 11.8 Å². The number of aromatic nitrogens is 3. The van der Waals surface area contributed by atoms with Gasteiger partial charge in [-0.15, -0.1) is 11.8 Å². The molecule has 8 heteroatoms. The third kappa shape index (κ3) is 3.92. The maximum atomic E-state index is 12.1. The molecule has 0 aliphatic rings. The fourth-order valence-corrected chi connectivity index (χ4v) is 4.01. The first-order valence-electron chi connectivity index (χ1n) is 7.56. The summed E-state index contributed by atoms with van der Waals surface area (Å²) in [6, 6.07) is 12.0. The second-order valence-corrected chi connectivity index (χ2v) is 8.58. The molecule has 0 radical (unpaired) electrons. The monoisotopic (exact) mass is 374 g/mol. The Labute approximate surface area is 151 Å². The molecule has 2 heterocycles. The summed E-state index contributed by atoms with van der Waals surface area (Å²) in [5, 5.41) is 0. The lowest BCUT2D eigenvalue weighted by Gasteiger charge is -2.10. The summed E-state index contributed by atoms with van der Waals surface area (Å²) in [5.74, 6) is 0.577. The molecule has 3 rings (SSSR count). The molecule has 1 aromatic carbocycles. The van der Waals surface area contributed by atoms with Crippen LogP contribution in [0.3, 0.4) is 0 Å². The summed E-state index contributed by atoms with van der Waals surface area (Å²) in [6.45, 7) is 0. The maximum Gasteiger partial charge on any atom is 0.308 e. The first kappa shape index (κ1) is 17.7. The van der Waals surface area contributed by atoms with E-state index < -0.39 is 10.2 Å². The van der Waals surface area contributed by atoms with E-state index in [9.17, 15) is 8.42 Å². The van der Waals surface area contributed by atoms with Crippen molar-refractivity contribution in [2.24, 2.45) is 0 Å². The number of hydrogen-bond acceptors (Lipinski definition) is 5. The molecule has 0 aliphatic carbocycles. The van der Waals surface area contributed by atoms with Crippen molar-refractivity contribution in [2.45, 2.75) is 10.6 Å². The Morgan fingerprint density at radius 2 is 1.96 bits per heavy atom. The Morgan fingerprint density at radius 3 is 2.68 bits per heavy atom. The van der Waals surface area contributed by atoms with E-state index in [0.29, 0.717) is 11.4 Å². The summed E-state index contributed by atoms with van der Waals surface area (Å²) < 4.78 is 26.5. The highest BCUT2D eigenvalue weighted by molar-refractivity contribution is 7.98. The molecule has 0 saturated carbocycles. The van der Waals surface area contributed by atoms with Gasteiger partial charge >= 0.3 is 10.2 Å². The van der Waals surface area contributed by atoms with E-state index in [4.69, 9.17) is 0 Å². The van der Waals surface area contributed by atoms with Gasteiger partial charge in [0.1, 0.15) is 6.33 Å². The van der Waals surface area contributed by atoms with Crippen molar-refractivity contribution in [1.29, 1.82) is 0 Å². The highest BCUT2D eigenvalue weighted by Gasteiger charge is 2.16. The standard InChI is InChI=1S/C17H18N4O2S2/c1-20(2)25(22,23)21-11-15(19-13-21)12-24-17-8-4-3-7-16(17)14-6-5-9-18-10-14/h3-11,13H,12H2,1-2H3. The highest BCUT2D eigenvalue weighted by Crippen LogP contribution is 2.32. The summed E-state index contributed by atoms with van der Waals surface area (Å²) in [4.78, 5) is 9.48. The van der Waals surface area contributed by atoms with Crippen LogP contribution in [0.15, 0.2) is 66.2 Å². The van der Waals surface area contributed by atoms with Crippen LogP contribution in [-0.2, 0) is 16.0 Å². The number of rotatable bonds is 6. The summed E-state index contributed by atoms with van der Waals surface area (Å²) >= 11 is 1.62. The highest BCUT2D eigenvalue weighted by atomic mass is 32.2. The number of nitrogens with zero attached hydrogens (tertiary/aromatic N) is 4. The fourth-order valence-electron chi connectivity index (χ4n) is 2.24. The van der Waals surface area contributed by atoms with Crippen molar-refractivity contribution in [3.8, 4) is 11.1 Å². The topological polar surface area (TPSA) is 68.1 Å². The Bertz CT molecular complexity index is 954. The number of imidazole rings is 1. The number of thioether (sulfide) groups is 1.